The van der Waals surface area contributed by atoms with Crippen molar-refractivity contribution in [3.8, 4) is 11.1 Å². The third-order valence-electron chi connectivity index (χ3n) is 3.70. The number of hydrogen-bond acceptors (Lipinski definition) is 1. The minimum absolute atomic E-state index is 0.283. The van der Waals surface area contributed by atoms with E-state index in [9.17, 15) is 0 Å². The fraction of sp³-hybridized carbons (Fsp3) is 0.158. The standard InChI is InChI=1S/C19H19N/c1-14-3-6-16(7-4-14)17-8-10-18(11-9-17)19-12-5-15(2)13-20-19/h3-13,19-20H,1-2H3. The van der Waals surface area contributed by atoms with E-state index in [-0.39, 0.29) is 6.04 Å². The molecule has 2 aromatic rings. The van der Waals surface area contributed by atoms with Crippen molar-refractivity contribution >= 4 is 0 Å². The van der Waals surface area contributed by atoms with Gasteiger partial charge in [0.1, 0.15) is 0 Å². The van der Waals surface area contributed by atoms with E-state index >= 15 is 0 Å². The number of rotatable bonds is 2. The van der Waals surface area contributed by atoms with Gasteiger partial charge in [0.15, 0.2) is 0 Å². The van der Waals surface area contributed by atoms with Crippen LogP contribution in [0.15, 0.2) is 72.5 Å². The second-order valence-corrected chi connectivity index (χ2v) is 5.38. The Morgan fingerprint density at radius 3 is 1.95 bits per heavy atom. The quantitative estimate of drug-likeness (QED) is 0.821. The molecule has 1 N–H and O–H groups in total. The van der Waals surface area contributed by atoms with Crippen LogP contribution in [0.3, 0.4) is 0 Å². The Bertz CT molecular complexity index is 645. The number of hydrogen-bond donors (Lipinski definition) is 1. The highest BCUT2D eigenvalue weighted by molar-refractivity contribution is 5.64. The molecule has 1 unspecified atom stereocenters. The normalized spacial score (nSPS) is 17.5. The molecule has 0 saturated heterocycles. The first-order valence-corrected chi connectivity index (χ1v) is 7.00. The fourth-order valence-corrected chi connectivity index (χ4v) is 2.41. The minimum Gasteiger partial charge on any atom is -0.380 e. The van der Waals surface area contributed by atoms with Gasteiger partial charge in [0.2, 0.25) is 0 Å². The van der Waals surface area contributed by atoms with Crippen LogP contribution in [-0.2, 0) is 0 Å². The van der Waals surface area contributed by atoms with Crippen LogP contribution in [0.25, 0.3) is 11.1 Å². The van der Waals surface area contributed by atoms with Gasteiger partial charge in [-0.05, 0) is 36.1 Å². The van der Waals surface area contributed by atoms with Crippen molar-refractivity contribution in [2.75, 3.05) is 0 Å². The van der Waals surface area contributed by atoms with Crippen LogP contribution in [0, 0.1) is 6.92 Å². The van der Waals surface area contributed by atoms with Crippen LogP contribution >= 0.6 is 0 Å². The monoisotopic (exact) mass is 261 g/mol. The van der Waals surface area contributed by atoms with Crippen LogP contribution in [0.1, 0.15) is 24.1 Å². The highest BCUT2D eigenvalue weighted by Gasteiger charge is 2.08. The summed E-state index contributed by atoms with van der Waals surface area (Å²) in [6, 6.07) is 17.7. The summed E-state index contributed by atoms with van der Waals surface area (Å²) in [4.78, 5) is 0. The number of allylic oxidation sites excluding steroid dienone is 2. The zero-order chi connectivity index (χ0) is 13.9. The molecule has 0 radical (unpaired) electrons. The Kier molecular flexibility index (Phi) is 3.42. The lowest BCUT2D eigenvalue weighted by molar-refractivity contribution is 0.739. The van der Waals surface area contributed by atoms with E-state index in [0.29, 0.717) is 0 Å². The molecule has 0 spiro atoms. The van der Waals surface area contributed by atoms with E-state index in [1.807, 2.05) is 0 Å². The molecule has 1 aliphatic rings. The second-order valence-electron chi connectivity index (χ2n) is 5.38. The van der Waals surface area contributed by atoms with Crippen molar-refractivity contribution in [3.63, 3.8) is 0 Å². The van der Waals surface area contributed by atoms with Crippen molar-refractivity contribution in [1.82, 2.24) is 5.32 Å². The lowest BCUT2D eigenvalue weighted by Crippen LogP contribution is -2.16. The third kappa shape index (κ3) is 2.67. The summed E-state index contributed by atoms with van der Waals surface area (Å²) >= 11 is 0. The van der Waals surface area contributed by atoms with Gasteiger partial charge in [0.25, 0.3) is 0 Å². The summed E-state index contributed by atoms with van der Waals surface area (Å²) in [5, 5.41) is 3.40. The summed E-state index contributed by atoms with van der Waals surface area (Å²) in [7, 11) is 0. The molecule has 0 fully saturated rings. The van der Waals surface area contributed by atoms with Crippen LogP contribution < -0.4 is 5.32 Å². The molecule has 0 aliphatic carbocycles. The Morgan fingerprint density at radius 1 is 0.800 bits per heavy atom. The van der Waals surface area contributed by atoms with Crippen LogP contribution in [0.5, 0.6) is 0 Å². The summed E-state index contributed by atoms with van der Waals surface area (Å²) in [6.07, 6.45) is 6.43. The molecule has 1 heterocycles. The largest absolute Gasteiger partial charge is 0.380 e. The first-order valence-electron chi connectivity index (χ1n) is 7.00. The third-order valence-corrected chi connectivity index (χ3v) is 3.70. The molecule has 2 aromatic carbocycles. The average Bonchev–Trinajstić information content (AvgIpc) is 2.49. The van der Waals surface area contributed by atoms with E-state index in [1.54, 1.807) is 0 Å². The van der Waals surface area contributed by atoms with Crippen molar-refractivity contribution in [2.45, 2.75) is 19.9 Å². The van der Waals surface area contributed by atoms with E-state index < -0.39 is 0 Å². The molecule has 20 heavy (non-hydrogen) atoms. The van der Waals surface area contributed by atoms with Crippen molar-refractivity contribution in [2.24, 2.45) is 0 Å². The number of nitrogens with one attached hydrogen (secondary N) is 1. The SMILES string of the molecule is CC1=CNC(c2ccc(-c3ccc(C)cc3)cc2)C=C1. The summed E-state index contributed by atoms with van der Waals surface area (Å²) in [5.74, 6) is 0. The first-order chi connectivity index (χ1) is 9.72. The highest BCUT2D eigenvalue weighted by Crippen LogP contribution is 2.24. The summed E-state index contributed by atoms with van der Waals surface area (Å²) in [6.45, 7) is 4.21. The molecular formula is C19H19N. The van der Waals surface area contributed by atoms with Gasteiger partial charge in [0.05, 0.1) is 6.04 Å². The molecule has 1 heteroatoms. The van der Waals surface area contributed by atoms with Crippen LogP contribution in [-0.4, -0.2) is 0 Å². The maximum atomic E-state index is 3.40. The molecule has 0 saturated carbocycles. The maximum Gasteiger partial charge on any atom is 0.0695 e. The summed E-state index contributed by atoms with van der Waals surface area (Å²) in [5.41, 5.74) is 6.38. The van der Waals surface area contributed by atoms with E-state index in [0.717, 1.165) is 0 Å². The molecule has 1 aliphatic heterocycles. The lowest BCUT2D eigenvalue weighted by Gasteiger charge is -2.18. The predicted octanol–water partition coefficient (Wildman–Crippen LogP) is 4.77. The highest BCUT2D eigenvalue weighted by atomic mass is 14.9. The average molecular weight is 261 g/mol. The first kappa shape index (κ1) is 12.7. The van der Waals surface area contributed by atoms with Gasteiger partial charge >= 0.3 is 0 Å². The zero-order valence-electron chi connectivity index (χ0n) is 11.9. The number of benzene rings is 2. The maximum absolute atomic E-state index is 3.40. The van der Waals surface area contributed by atoms with Gasteiger partial charge in [-0.2, -0.15) is 0 Å². The van der Waals surface area contributed by atoms with E-state index in [1.165, 1.54) is 27.8 Å². The Labute approximate surface area is 120 Å². The van der Waals surface area contributed by atoms with Gasteiger partial charge < -0.3 is 5.32 Å². The lowest BCUT2D eigenvalue weighted by atomic mass is 9.99. The molecule has 100 valence electrons. The van der Waals surface area contributed by atoms with Crippen molar-refractivity contribution < 1.29 is 0 Å². The molecular weight excluding hydrogens is 242 g/mol. The predicted molar refractivity (Wildman–Crippen MR) is 85.4 cm³/mol. The fourth-order valence-electron chi connectivity index (χ4n) is 2.41. The molecule has 0 amide bonds. The molecule has 0 bridgehead atoms. The smallest absolute Gasteiger partial charge is 0.0695 e. The van der Waals surface area contributed by atoms with Crippen molar-refractivity contribution in [3.05, 3.63) is 83.6 Å². The van der Waals surface area contributed by atoms with Gasteiger partial charge in [-0.3, -0.25) is 0 Å². The molecule has 3 rings (SSSR count). The van der Waals surface area contributed by atoms with Crippen molar-refractivity contribution in [1.29, 1.82) is 0 Å². The van der Waals surface area contributed by atoms with E-state index in [2.05, 4.69) is 86.0 Å². The topological polar surface area (TPSA) is 12.0 Å². The van der Waals surface area contributed by atoms with Gasteiger partial charge in [-0.15, -0.1) is 0 Å². The van der Waals surface area contributed by atoms with Crippen LogP contribution in [0.4, 0.5) is 0 Å². The molecule has 1 atom stereocenters. The Morgan fingerprint density at radius 2 is 1.40 bits per heavy atom. The molecule has 1 nitrogen and oxygen atoms in total. The van der Waals surface area contributed by atoms with Gasteiger partial charge in [0, 0.05) is 6.20 Å². The van der Waals surface area contributed by atoms with E-state index in [4.69, 9.17) is 0 Å². The Hall–Kier alpha value is -2.28. The number of aryl methyl sites for hydroxylation is 1. The second kappa shape index (κ2) is 5.38. The minimum atomic E-state index is 0.283. The molecule has 0 aromatic heterocycles. The summed E-state index contributed by atoms with van der Waals surface area (Å²) < 4.78 is 0. The van der Waals surface area contributed by atoms with Crippen LogP contribution in [0.2, 0.25) is 0 Å². The zero-order valence-corrected chi connectivity index (χ0v) is 11.9. The van der Waals surface area contributed by atoms with Gasteiger partial charge in [-0.25, -0.2) is 0 Å². The van der Waals surface area contributed by atoms with Gasteiger partial charge in [-0.1, -0.05) is 66.2 Å². The number of dihydropyridines is 1. The Balaban J connectivity index is 1.81.